The first-order valence-electron chi connectivity index (χ1n) is 3.46. The smallest absolute Gasteiger partial charge is 0.303 e. The number of hydrogen-bond donors (Lipinski definition) is 3. The summed E-state index contributed by atoms with van der Waals surface area (Å²) in [5, 5.41) is 17.8. The summed E-state index contributed by atoms with van der Waals surface area (Å²) in [6, 6.07) is 0. The van der Waals surface area contributed by atoms with E-state index in [1.54, 1.807) is 0 Å². The highest BCUT2D eigenvalue weighted by molar-refractivity contribution is 5.75. The number of nitrogens with zero attached hydrogens (tertiary/aromatic N) is 1. The van der Waals surface area contributed by atoms with E-state index in [0.717, 1.165) is 0 Å². The van der Waals surface area contributed by atoms with Crippen LogP contribution in [0.2, 0.25) is 0 Å². The fourth-order valence-corrected chi connectivity index (χ4v) is 0.672. The zero-order chi connectivity index (χ0) is 9.56. The van der Waals surface area contributed by atoms with E-state index in [1.807, 2.05) is 0 Å². The molecule has 0 aliphatic carbocycles. The first-order valence-corrected chi connectivity index (χ1v) is 3.46. The minimum absolute atomic E-state index is 0.0319. The van der Waals surface area contributed by atoms with E-state index in [2.05, 4.69) is 0 Å². The third kappa shape index (κ3) is 6.97. The number of carbonyl (C=O) groups is 2. The Labute approximate surface area is 69.5 Å². The van der Waals surface area contributed by atoms with Gasteiger partial charge in [-0.15, -0.1) is 0 Å². The number of carboxylic acid groups (broad SMARTS) is 1. The molecule has 0 radical (unpaired) electrons. The molecular formula is C6H12N2O4. The number of hydrogen-bond acceptors (Lipinski definition) is 4. The summed E-state index contributed by atoms with van der Waals surface area (Å²) >= 11 is 0. The van der Waals surface area contributed by atoms with Crippen LogP contribution in [-0.2, 0) is 9.59 Å². The third-order valence-corrected chi connectivity index (χ3v) is 1.15. The van der Waals surface area contributed by atoms with E-state index in [-0.39, 0.29) is 19.5 Å². The van der Waals surface area contributed by atoms with Gasteiger partial charge in [-0.2, -0.15) is 5.06 Å². The maximum absolute atomic E-state index is 10.2. The Morgan fingerprint density at radius 3 is 2.42 bits per heavy atom. The number of carbonyl (C=O) groups excluding carboxylic acids is 1. The van der Waals surface area contributed by atoms with Crippen molar-refractivity contribution in [3.8, 4) is 0 Å². The van der Waals surface area contributed by atoms with E-state index < -0.39 is 11.9 Å². The molecule has 70 valence electrons. The zero-order valence-electron chi connectivity index (χ0n) is 6.56. The van der Waals surface area contributed by atoms with Crippen LogP contribution >= 0.6 is 0 Å². The molecule has 0 atom stereocenters. The summed E-state index contributed by atoms with van der Waals surface area (Å²) in [6.07, 6.45) is 0.259. The quantitative estimate of drug-likeness (QED) is 0.451. The third-order valence-electron chi connectivity index (χ3n) is 1.15. The van der Waals surface area contributed by atoms with Gasteiger partial charge in [0.1, 0.15) is 6.54 Å². The van der Waals surface area contributed by atoms with Gasteiger partial charge in [0.2, 0.25) is 5.91 Å². The fraction of sp³-hybridized carbons (Fsp3) is 0.667. The molecule has 6 nitrogen and oxygen atoms in total. The second kappa shape index (κ2) is 5.50. The molecule has 0 bridgehead atoms. The van der Waals surface area contributed by atoms with E-state index in [4.69, 9.17) is 16.0 Å². The van der Waals surface area contributed by atoms with Crippen molar-refractivity contribution in [2.75, 3.05) is 13.1 Å². The first-order chi connectivity index (χ1) is 5.52. The average molecular weight is 176 g/mol. The molecule has 0 aromatic carbocycles. The molecule has 0 saturated carbocycles. The number of amides is 1. The summed E-state index contributed by atoms with van der Waals surface area (Å²) in [7, 11) is 0. The molecule has 0 aromatic heterocycles. The number of carboxylic acids is 1. The standard InChI is InChI=1S/C6H12N2O4/c7-5(9)4-8(12)3-1-2-6(10)11/h12H,1-4H2,(H2,7,9)(H,10,11). The highest BCUT2D eigenvalue weighted by Crippen LogP contribution is 1.91. The van der Waals surface area contributed by atoms with Crippen molar-refractivity contribution in [3.05, 3.63) is 0 Å². The Hall–Kier alpha value is -1.14. The Balaban J connectivity index is 3.37. The lowest BCUT2D eigenvalue weighted by Gasteiger charge is -2.10. The lowest BCUT2D eigenvalue weighted by atomic mass is 10.3. The van der Waals surface area contributed by atoms with Crippen LogP contribution in [-0.4, -0.2) is 40.3 Å². The van der Waals surface area contributed by atoms with E-state index in [1.165, 1.54) is 0 Å². The lowest BCUT2D eigenvalue weighted by Crippen LogP contribution is -2.32. The van der Waals surface area contributed by atoms with Gasteiger partial charge < -0.3 is 16.0 Å². The zero-order valence-corrected chi connectivity index (χ0v) is 6.56. The summed E-state index contributed by atoms with van der Waals surface area (Å²) in [5.74, 6) is -1.57. The Morgan fingerprint density at radius 2 is 2.00 bits per heavy atom. The van der Waals surface area contributed by atoms with Crippen molar-refractivity contribution < 1.29 is 19.9 Å². The van der Waals surface area contributed by atoms with Crippen molar-refractivity contribution in [1.29, 1.82) is 0 Å². The SMILES string of the molecule is NC(=O)CN(O)CCCC(=O)O. The largest absolute Gasteiger partial charge is 0.481 e. The van der Waals surface area contributed by atoms with Gasteiger partial charge in [0.05, 0.1) is 0 Å². The van der Waals surface area contributed by atoms with Gasteiger partial charge in [-0.05, 0) is 6.42 Å². The van der Waals surface area contributed by atoms with Crippen molar-refractivity contribution in [2.45, 2.75) is 12.8 Å². The van der Waals surface area contributed by atoms with Crippen LogP contribution in [0.5, 0.6) is 0 Å². The Kier molecular flexibility index (Phi) is 4.98. The molecule has 0 aromatic rings. The maximum atomic E-state index is 10.2. The van der Waals surface area contributed by atoms with Gasteiger partial charge in [0.15, 0.2) is 0 Å². The molecule has 4 N–H and O–H groups in total. The molecule has 0 unspecified atom stereocenters. The predicted molar refractivity (Wildman–Crippen MR) is 39.4 cm³/mol. The van der Waals surface area contributed by atoms with Gasteiger partial charge in [0.25, 0.3) is 0 Å². The number of rotatable bonds is 6. The maximum Gasteiger partial charge on any atom is 0.303 e. The topological polar surface area (TPSA) is 104 Å². The Morgan fingerprint density at radius 1 is 1.42 bits per heavy atom. The van der Waals surface area contributed by atoms with Crippen molar-refractivity contribution in [2.24, 2.45) is 5.73 Å². The van der Waals surface area contributed by atoms with Gasteiger partial charge >= 0.3 is 5.97 Å². The molecule has 0 saturated heterocycles. The molecule has 0 heterocycles. The van der Waals surface area contributed by atoms with Crippen LogP contribution in [0.1, 0.15) is 12.8 Å². The van der Waals surface area contributed by atoms with Crippen LogP contribution in [0.3, 0.4) is 0 Å². The van der Waals surface area contributed by atoms with Crippen LogP contribution in [0, 0.1) is 0 Å². The van der Waals surface area contributed by atoms with Crippen molar-refractivity contribution in [1.82, 2.24) is 5.06 Å². The molecular weight excluding hydrogens is 164 g/mol. The molecule has 0 fully saturated rings. The predicted octanol–water partition coefficient (Wildman–Crippen LogP) is -0.972. The molecule has 1 amide bonds. The fourth-order valence-electron chi connectivity index (χ4n) is 0.672. The van der Waals surface area contributed by atoms with Crippen LogP contribution in [0.15, 0.2) is 0 Å². The highest BCUT2D eigenvalue weighted by atomic mass is 16.5. The van der Waals surface area contributed by atoms with Crippen LogP contribution in [0.4, 0.5) is 0 Å². The van der Waals surface area contributed by atoms with Gasteiger partial charge in [0, 0.05) is 13.0 Å². The van der Waals surface area contributed by atoms with E-state index in [0.29, 0.717) is 11.5 Å². The van der Waals surface area contributed by atoms with Crippen molar-refractivity contribution in [3.63, 3.8) is 0 Å². The van der Waals surface area contributed by atoms with E-state index >= 15 is 0 Å². The summed E-state index contributed by atoms with van der Waals surface area (Å²) in [4.78, 5) is 20.2. The normalized spacial score (nSPS) is 10.2. The minimum atomic E-state index is -0.928. The highest BCUT2D eigenvalue weighted by Gasteiger charge is 2.04. The molecule has 0 rings (SSSR count). The molecule has 0 spiro atoms. The molecule has 12 heavy (non-hydrogen) atoms. The molecule has 0 aliphatic heterocycles. The number of nitrogens with two attached hydrogens (primary N) is 1. The summed E-state index contributed by atoms with van der Waals surface area (Å²) in [6.45, 7) is -0.130. The molecule has 6 heteroatoms. The number of hydroxylamine groups is 2. The summed E-state index contributed by atoms with van der Waals surface area (Å²) < 4.78 is 0. The second-order valence-electron chi connectivity index (χ2n) is 2.35. The molecule has 0 aliphatic rings. The number of primary amides is 1. The average Bonchev–Trinajstić information content (AvgIpc) is 1.84. The second-order valence-corrected chi connectivity index (χ2v) is 2.35. The van der Waals surface area contributed by atoms with Gasteiger partial charge in [-0.1, -0.05) is 0 Å². The Bertz CT molecular complexity index is 171. The van der Waals surface area contributed by atoms with Crippen LogP contribution < -0.4 is 5.73 Å². The lowest BCUT2D eigenvalue weighted by molar-refractivity contribution is -0.139. The van der Waals surface area contributed by atoms with Gasteiger partial charge in [-0.25, -0.2) is 0 Å². The summed E-state index contributed by atoms with van der Waals surface area (Å²) in [5.41, 5.74) is 4.77. The number of aliphatic carboxylic acids is 1. The van der Waals surface area contributed by atoms with Gasteiger partial charge in [-0.3, -0.25) is 9.59 Å². The minimum Gasteiger partial charge on any atom is -0.481 e. The van der Waals surface area contributed by atoms with Crippen molar-refractivity contribution >= 4 is 11.9 Å². The monoisotopic (exact) mass is 176 g/mol. The first kappa shape index (κ1) is 10.9. The van der Waals surface area contributed by atoms with E-state index in [9.17, 15) is 9.59 Å². The van der Waals surface area contributed by atoms with Crippen LogP contribution in [0.25, 0.3) is 0 Å².